The van der Waals surface area contributed by atoms with E-state index in [0.717, 1.165) is 5.69 Å². The fourth-order valence-corrected chi connectivity index (χ4v) is 1.73. The molecule has 1 aromatic carbocycles. The summed E-state index contributed by atoms with van der Waals surface area (Å²) in [6.45, 7) is 7.32. The lowest BCUT2D eigenvalue weighted by Gasteiger charge is -2.21. The van der Waals surface area contributed by atoms with Crippen molar-refractivity contribution in [3.63, 3.8) is 0 Å². The maximum Gasteiger partial charge on any atom is 0.229 e. The second-order valence-electron chi connectivity index (χ2n) is 4.74. The fraction of sp³-hybridized carbons (Fsp3) is 0.400. The Labute approximate surface area is 109 Å². The third-order valence-corrected chi connectivity index (χ3v) is 3.04. The molecule has 18 heavy (non-hydrogen) atoms. The van der Waals surface area contributed by atoms with E-state index in [4.69, 9.17) is 5.11 Å². The molecule has 0 aliphatic carbocycles. The van der Waals surface area contributed by atoms with Crippen LogP contribution < -0.4 is 4.90 Å². The summed E-state index contributed by atoms with van der Waals surface area (Å²) >= 11 is 0. The van der Waals surface area contributed by atoms with E-state index in [9.17, 15) is 4.79 Å². The Bertz CT molecular complexity index is 423. The van der Waals surface area contributed by atoms with Gasteiger partial charge in [0.05, 0.1) is 5.76 Å². The number of rotatable bonds is 5. The Morgan fingerprint density at radius 2 is 1.94 bits per heavy atom. The molecule has 1 rings (SSSR count). The van der Waals surface area contributed by atoms with Gasteiger partial charge in [0.25, 0.3) is 0 Å². The van der Waals surface area contributed by atoms with Crippen LogP contribution >= 0.6 is 0 Å². The zero-order valence-electron chi connectivity index (χ0n) is 11.3. The van der Waals surface area contributed by atoms with Crippen LogP contribution in [0.3, 0.4) is 0 Å². The van der Waals surface area contributed by atoms with Gasteiger partial charge in [-0.25, -0.2) is 0 Å². The van der Waals surface area contributed by atoms with Gasteiger partial charge < -0.3 is 10.0 Å². The number of aliphatic hydroxyl groups is 1. The van der Waals surface area contributed by atoms with E-state index in [0.29, 0.717) is 12.8 Å². The number of carbonyl (C=O) groups excluding carboxylic acids is 1. The zero-order chi connectivity index (χ0) is 13.7. The average molecular weight is 247 g/mol. The Hall–Kier alpha value is -1.77. The third-order valence-electron chi connectivity index (χ3n) is 3.04. The number of hydrogen-bond acceptors (Lipinski definition) is 2. The topological polar surface area (TPSA) is 40.5 Å². The molecule has 98 valence electrons. The molecule has 0 saturated carbocycles. The first-order chi connectivity index (χ1) is 8.41. The summed E-state index contributed by atoms with van der Waals surface area (Å²) in [4.78, 5) is 13.8. The summed E-state index contributed by atoms with van der Waals surface area (Å²) in [5.74, 6) is 0.0629. The Balaban J connectivity index is 2.65. The minimum absolute atomic E-state index is 0.0557. The van der Waals surface area contributed by atoms with Gasteiger partial charge in [0.1, 0.15) is 0 Å². The quantitative estimate of drug-likeness (QED) is 0.810. The van der Waals surface area contributed by atoms with Crippen LogP contribution in [0.1, 0.15) is 25.3 Å². The number of nitrogens with zero attached hydrogens (tertiary/aromatic N) is 1. The highest BCUT2D eigenvalue weighted by Gasteiger charge is 2.18. The first-order valence-corrected chi connectivity index (χ1v) is 6.12. The van der Waals surface area contributed by atoms with E-state index in [-0.39, 0.29) is 17.6 Å². The Kier molecular flexibility index (Phi) is 4.95. The van der Waals surface area contributed by atoms with Crippen LogP contribution in [-0.2, 0) is 4.79 Å². The van der Waals surface area contributed by atoms with Crippen LogP contribution in [0, 0.1) is 12.8 Å². The van der Waals surface area contributed by atoms with Gasteiger partial charge in [0.15, 0.2) is 0 Å². The summed E-state index contributed by atoms with van der Waals surface area (Å²) < 4.78 is 0. The lowest BCUT2D eigenvalue weighted by Crippen LogP contribution is -2.31. The van der Waals surface area contributed by atoms with E-state index in [1.165, 1.54) is 5.56 Å². The molecule has 0 aliphatic rings. The monoisotopic (exact) mass is 247 g/mol. The van der Waals surface area contributed by atoms with Crippen molar-refractivity contribution in [1.82, 2.24) is 0 Å². The summed E-state index contributed by atoms with van der Waals surface area (Å²) in [5.41, 5.74) is 2.06. The number of aryl methyl sites for hydroxylation is 1. The standard InChI is InChI=1S/C15H21NO2/c1-11-5-9-14(10-6-11)16(4)15(18)12(2)7-8-13(3)17/h5-6,9-10,12,17H,3,7-8H2,1-2,4H3. The molecule has 0 heterocycles. The Morgan fingerprint density at radius 1 is 1.39 bits per heavy atom. The van der Waals surface area contributed by atoms with Gasteiger partial charge >= 0.3 is 0 Å². The van der Waals surface area contributed by atoms with E-state index in [1.54, 1.807) is 11.9 Å². The molecule has 0 bridgehead atoms. The van der Waals surface area contributed by atoms with Crippen LogP contribution in [0.4, 0.5) is 5.69 Å². The molecule has 3 nitrogen and oxygen atoms in total. The zero-order valence-corrected chi connectivity index (χ0v) is 11.3. The number of anilines is 1. The molecular weight excluding hydrogens is 226 g/mol. The number of benzene rings is 1. The number of carbonyl (C=O) groups is 1. The highest BCUT2D eigenvalue weighted by atomic mass is 16.3. The van der Waals surface area contributed by atoms with Crippen LogP contribution in [-0.4, -0.2) is 18.1 Å². The second kappa shape index (κ2) is 6.24. The highest BCUT2D eigenvalue weighted by Crippen LogP contribution is 2.18. The van der Waals surface area contributed by atoms with Gasteiger partial charge in [0.2, 0.25) is 5.91 Å². The molecule has 1 unspecified atom stereocenters. The number of allylic oxidation sites excluding steroid dienone is 1. The van der Waals surface area contributed by atoms with Crippen LogP contribution in [0.5, 0.6) is 0 Å². The second-order valence-corrected chi connectivity index (χ2v) is 4.74. The molecular formula is C15H21NO2. The first kappa shape index (κ1) is 14.3. The lowest BCUT2D eigenvalue weighted by molar-refractivity contribution is -0.121. The highest BCUT2D eigenvalue weighted by molar-refractivity contribution is 5.94. The van der Waals surface area contributed by atoms with Crippen molar-refractivity contribution in [2.75, 3.05) is 11.9 Å². The predicted octanol–water partition coefficient (Wildman–Crippen LogP) is 3.45. The number of amides is 1. The van der Waals surface area contributed by atoms with Gasteiger partial charge in [-0.05, 0) is 25.5 Å². The minimum atomic E-state index is -0.125. The average Bonchev–Trinajstić information content (AvgIpc) is 2.35. The van der Waals surface area contributed by atoms with Gasteiger partial charge in [-0.2, -0.15) is 0 Å². The van der Waals surface area contributed by atoms with Crippen molar-refractivity contribution in [3.8, 4) is 0 Å². The van der Waals surface area contributed by atoms with Gasteiger partial charge in [-0.15, -0.1) is 0 Å². The van der Waals surface area contributed by atoms with E-state index in [1.807, 2.05) is 38.1 Å². The van der Waals surface area contributed by atoms with Crippen molar-refractivity contribution in [3.05, 3.63) is 42.2 Å². The smallest absolute Gasteiger partial charge is 0.229 e. The molecule has 3 heteroatoms. The van der Waals surface area contributed by atoms with Gasteiger partial charge in [-0.1, -0.05) is 31.2 Å². The van der Waals surface area contributed by atoms with Crippen molar-refractivity contribution >= 4 is 11.6 Å². The van der Waals surface area contributed by atoms with E-state index >= 15 is 0 Å². The molecule has 0 aliphatic heterocycles. The normalized spacial score (nSPS) is 11.9. The summed E-state index contributed by atoms with van der Waals surface area (Å²) in [7, 11) is 1.78. The molecule has 1 N–H and O–H groups in total. The van der Waals surface area contributed by atoms with Crippen LogP contribution in [0.2, 0.25) is 0 Å². The van der Waals surface area contributed by atoms with Crippen molar-refractivity contribution in [2.45, 2.75) is 26.7 Å². The molecule has 0 aromatic heterocycles. The van der Waals surface area contributed by atoms with Crippen molar-refractivity contribution < 1.29 is 9.90 Å². The van der Waals surface area contributed by atoms with E-state index < -0.39 is 0 Å². The van der Waals surface area contributed by atoms with Gasteiger partial charge in [-0.3, -0.25) is 4.79 Å². The SMILES string of the molecule is C=C(O)CCC(C)C(=O)N(C)c1ccc(C)cc1. The molecule has 0 spiro atoms. The maximum absolute atomic E-state index is 12.2. The molecule has 0 saturated heterocycles. The number of aliphatic hydroxyl groups excluding tert-OH is 1. The Morgan fingerprint density at radius 3 is 2.44 bits per heavy atom. The minimum Gasteiger partial charge on any atom is -0.513 e. The maximum atomic E-state index is 12.2. The first-order valence-electron chi connectivity index (χ1n) is 6.12. The summed E-state index contributed by atoms with van der Waals surface area (Å²) in [5, 5.41) is 9.05. The summed E-state index contributed by atoms with van der Waals surface area (Å²) in [6.07, 6.45) is 1.08. The largest absolute Gasteiger partial charge is 0.513 e. The van der Waals surface area contributed by atoms with Gasteiger partial charge in [0, 0.05) is 25.1 Å². The van der Waals surface area contributed by atoms with Crippen molar-refractivity contribution in [1.29, 1.82) is 0 Å². The van der Waals surface area contributed by atoms with Crippen molar-refractivity contribution in [2.24, 2.45) is 5.92 Å². The van der Waals surface area contributed by atoms with Crippen LogP contribution in [0.25, 0.3) is 0 Å². The van der Waals surface area contributed by atoms with E-state index in [2.05, 4.69) is 6.58 Å². The molecule has 1 aromatic rings. The molecule has 1 amide bonds. The summed E-state index contributed by atoms with van der Waals surface area (Å²) in [6, 6.07) is 7.84. The number of hydrogen-bond donors (Lipinski definition) is 1. The predicted molar refractivity (Wildman–Crippen MR) is 74.8 cm³/mol. The molecule has 0 fully saturated rings. The fourth-order valence-electron chi connectivity index (χ4n) is 1.73. The molecule has 0 radical (unpaired) electrons. The molecule has 1 atom stereocenters. The van der Waals surface area contributed by atoms with Crippen LogP contribution in [0.15, 0.2) is 36.6 Å². The third kappa shape index (κ3) is 3.91. The lowest BCUT2D eigenvalue weighted by atomic mass is 10.0.